The minimum Gasteiger partial charge on any atom is -0.352 e. The van der Waals surface area contributed by atoms with E-state index in [1.165, 1.54) is 36.4 Å². The van der Waals surface area contributed by atoms with Crippen molar-refractivity contribution in [3.05, 3.63) is 71.0 Å². The molecule has 0 saturated heterocycles. The molecule has 0 aliphatic heterocycles. The third-order valence-electron chi connectivity index (χ3n) is 4.18. The predicted octanol–water partition coefficient (Wildman–Crippen LogP) is 3.95. The monoisotopic (exact) mass is 366 g/mol. The van der Waals surface area contributed by atoms with E-state index >= 15 is 0 Å². The molecule has 26 heavy (non-hydrogen) atoms. The van der Waals surface area contributed by atoms with Crippen LogP contribution in [-0.4, -0.2) is 11.9 Å². The smallest absolute Gasteiger partial charge is 0.352 e. The second-order valence-corrected chi connectivity index (χ2v) is 6.34. The highest BCUT2D eigenvalue weighted by atomic mass is 19.4. The summed E-state index contributed by atoms with van der Waals surface area (Å²) in [6, 6.07) is 9.80. The zero-order valence-corrected chi connectivity index (χ0v) is 13.8. The molecule has 3 nitrogen and oxygen atoms in total. The van der Waals surface area contributed by atoms with Crippen molar-refractivity contribution in [1.29, 1.82) is 0 Å². The van der Waals surface area contributed by atoms with Gasteiger partial charge in [0.2, 0.25) is 5.91 Å². The molecule has 1 fully saturated rings. The highest BCUT2D eigenvalue weighted by Gasteiger charge is 2.30. The van der Waals surface area contributed by atoms with E-state index in [4.69, 9.17) is 0 Å². The minimum atomic E-state index is -4.38. The molecular formula is C19H18F4N2O. The van der Waals surface area contributed by atoms with Crippen LogP contribution < -0.4 is 10.6 Å². The maximum atomic E-state index is 13.1. The SMILES string of the molecule is O=C(NC1CC1)C(NCc1ccc(C(F)(F)F)cc1)c1ccc(F)cc1. The molecule has 1 unspecified atom stereocenters. The average molecular weight is 366 g/mol. The molecule has 0 bridgehead atoms. The summed E-state index contributed by atoms with van der Waals surface area (Å²) in [5, 5.41) is 5.94. The Morgan fingerprint density at radius 1 is 1.04 bits per heavy atom. The maximum Gasteiger partial charge on any atom is 0.416 e. The first kappa shape index (κ1) is 18.4. The standard InChI is InChI=1S/C19H18F4N2O/c20-15-7-3-13(4-8-15)17(18(26)25-16-9-10-16)24-11-12-1-5-14(6-2-12)19(21,22)23/h1-8,16-17,24H,9-11H2,(H,25,26). The molecule has 2 aromatic rings. The molecule has 1 saturated carbocycles. The number of carbonyl (C=O) groups excluding carboxylic acids is 1. The fourth-order valence-electron chi connectivity index (χ4n) is 2.56. The molecule has 1 aliphatic carbocycles. The van der Waals surface area contributed by atoms with E-state index in [1.54, 1.807) is 0 Å². The first-order valence-corrected chi connectivity index (χ1v) is 8.28. The summed E-state index contributed by atoms with van der Waals surface area (Å²) in [4.78, 5) is 12.5. The summed E-state index contributed by atoms with van der Waals surface area (Å²) in [5.41, 5.74) is 0.489. The molecule has 0 spiro atoms. The summed E-state index contributed by atoms with van der Waals surface area (Å²) in [6.45, 7) is 0.207. The van der Waals surface area contributed by atoms with E-state index < -0.39 is 23.6 Å². The maximum absolute atomic E-state index is 13.1. The lowest BCUT2D eigenvalue weighted by Gasteiger charge is -2.19. The van der Waals surface area contributed by atoms with Crippen molar-refractivity contribution in [2.75, 3.05) is 0 Å². The van der Waals surface area contributed by atoms with E-state index in [-0.39, 0.29) is 18.5 Å². The van der Waals surface area contributed by atoms with Crippen LogP contribution in [0.15, 0.2) is 48.5 Å². The molecule has 2 aromatic carbocycles. The minimum absolute atomic E-state index is 0.165. The normalized spacial score (nSPS) is 15.5. The average Bonchev–Trinajstić information content (AvgIpc) is 3.40. The Morgan fingerprint density at radius 3 is 2.19 bits per heavy atom. The molecule has 1 aliphatic rings. The summed E-state index contributed by atoms with van der Waals surface area (Å²) >= 11 is 0. The highest BCUT2D eigenvalue weighted by molar-refractivity contribution is 5.83. The Balaban J connectivity index is 1.70. The van der Waals surface area contributed by atoms with Crippen molar-refractivity contribution in [2.45, 2.75) is 37.6 Å². The number of benzene rings is 2. The number of hydrogen-bond acceptors (Lipinski definition) is 2. The van der Waals surface area contributed by atoms with Gasteiger partial charge in [0.25, 0.3) is 0 Å². The summed E-state index contributed by atoms with van der Waals surface area (Å²) in [5.74, 6) is -0.635. The lowest BCUT2D eigenvalue weighted by molar-refractivity contribution is -0.137. The van der Waals surface area contributed by atoms with Crippen LogP contribution in [0.1, 0.15) is 35.6 Å². The largest absolute Gasteiger partial charge is 0.416 e. The van der Waals surface area contributed by atoms with Gasteiger partial charge in [-0.15, -0.1) is 0 Å². The Bertz CT molecular complexity index is 753. The third kappa shape index (κ3) is 4.82. The summed E-state index contributed by atoms with van der Waals surface area (Å²) < 4.78 is 51.0. The lowest BCUT2D eigenvalue weighted by atomic mass is 10.0. The Labute approximate surface area is 148 Å². The van der Waals surface area contributed by atoms with Crippen molar-refractivity contribution in [2.24, 2.45) is 0 Å². The second kappa shape index (κ2) is 7.45. The molecule has 2 N–H and O–H groups in total. The Hall–Kier alpha value is -2.41. The van der Waals surface area contributed by atoms with Crippen LogP contribution in [0.2, 0.25) is 0 Å². The number of rotatable bonds is 6. The van der Waals surface area contributed by atoms with Crippen molar-refractivity contribution in [3.8, 4) is 0 Å². The van der Waals surface area contributed by atoms with Gasteiger partial charge in [0.15, 0.2) is 0 Å². The van der Waals surface area contributed by atoms with Crippen LogP contribution in [0.5, 0.6) is 0 Å². The van der Waals surface area contributed by atoms with E-state index in [9.17, 15) is 22.4 Å². The van der Waals surface area contributed by atoms with Gasteiger partial charge in [0.1, 0.15) is 11.9 Å². The number of amides is 1. The van der Waals surface area contributed by atoms with Crippen molar-refractivity contribution < 1.29 is 22.4 Å². The van der Waals surface area contributed by atoms with E-state index in [0.29, 0.717) is 11.1 Å². The van der Waals surface area contributed by atoms with E-state index in [2.05, 4.69) is 10.6 Å². The number of halogens is 4. The molecule has 0 heterocycles. The van der Waals surface area contributed by atoms with Gasteiger partial charge in [-0.1, -0.05) is 24.3 Å². The van der Waals surface area contributed by atoms with Crippen LogP contribution in [-0.2, 0) is 17.5 Å². The third-order valence-corrected chi connectivity index (χ3v) is 4.18. The molecule has 138 valence electrons. The molecular weight excluding hydrogens is 348 g/mol. The van der Waals surface area contributed by atoms with Crippen molar-refractivity contribution in [1.82, 2.24) is 10.6 Å². The van der Waals surface area contributed by atoms with Gasteiger partial charge in [-0.2, -0.15) is 13.2 Å². The van der Waals surface area contributed by atoms with Crippen LogP contribution in [0.3, 0.4) is 0 Å². The van der Waals surface area contributed by atoms with E-state index in [0.717, 1.165) is 25.0 Å². The molecule has 0 aromatic heterocycles. The quantitative estimate of drug-likeness (QED) is 0.760. The Morgan fingerprint density at radius 2 is 1.65 bits per heavy atom. The van der Waals surface area contributed by atoms with Crippen LogP contribution >= 0.6 is 0 Å². The van der Waals surface area contributed by atoms with Gasteiger partial charge in [-0.05, 0) is 48.2 Å². The molecule has 3 rings (SSSR count). The topological polar surface area (TPSA) is 41.1 Å². The van der Waals surface area contributed by atoms with Gasteiger partial charge in [-0.25, -0.2) is 4.39 Å². The fourth-order valence-corrected chi connectivity index (χ4v) is 2.56. The van der Waals surface area contributed by atoms with Crippen molar-refractivity contribution in [3.63, 3.8) is 0 Å². The fraction of sp³-hybridized carbons (Fsp3) is 0.316. The van der Waals surface area contributed by atoms with Crippen LogP contribution in [0, 0.1) is 5.82 Å². The first-order chi connectivity index (χ1) is 12.3. The van der Waals surface area contributed by atoms with Gasteiger partial charge in [0.05, 0.1) is 5.56 Å². The predicted molar refractivity (Wildman–Crippen MR) is 88.6 cm³/mol. The van der Waals surface area contributed by atoms with Crippen molar-refractivity contribution >= 4 is 5.91 Å². The molecule has 0 radical (unpaired) electrons. The first-order valence-electron chi connectivity index (χ1n) is 8.28. The summed E-state index contributed by atoms with van der Waals surface area (Å²) in [6.07, 6.45) is -2.52. The number of carbonyl (C=O) groups is 1. The Kier molecular flexibility index (Phi) is 5.27. The molecule has 1 amide bonds. The molecule has 1 atom stereocenters. The zero-order valence-electron chi connectivity index (χ0n) is 13.8. The number of alkyl halides is 3. The van der Waals surface area contributed by atoms with Gasteiger partial charge in [0, 0.05) is 12.6 Å². The highest BCUT2D eigenvalue weighted by Crippen LogP contribution is 2.29. The second-order valence-electron chi connectivity index (χ2n) is 6.34. The molecule has 7 heteroatoms. The van der Waals surface area contributed by atoms with Gasteiger partial charge >= 0.3 is 6.18 Å². The zero-order chi connectivity index (χ0) is 18.7. The van der Waals surface area contributed by atoms with Gasteiger partial charge < -0.3 is 5.32 Å². The lowest BCUT2D eigenvalue weighted by Crippen LogP contribution is -2.38. The van der Waals surface area contributed by atoms with E-state index in [1.807, 2.05) is 0 Å². The number of hydrogen-bond donors (Lipinski definition) is 2. The van der Waals surface area contributed by atoms with Crippen LogP contribution in [0.4, 0.5) is 17.6 Å². The van der Waals surface area contributed by atoms with Crippen LogP contribution in [0.25, 0.3) is 0 Å². The summed E-state index contributed by atoms with van der Waals surface area (Å²) in [7, 11) is 0. The number of nitrogens with one attached hydrogen (secondary N) is 2. The van der Waals surface area contributed by atoms with Gasteiger partial charge in [-0.3, -0.25) is 10.1 Å².